The van der Waals surface area contributed by atoms with Crippen LogP contribution in [-0.4, -0.2) is 40.3 Å². The van der Waals surface area contributed by atoms with Gasteiger partial charge >= 0.3 is 11.9 Å². The third-order valence-corrected chi connectivity index (χ3v) is 4.72. The van der Waals surface area contributed by atoms with E-state index in [1.165, 1.54) is 24.7 Å². The zero-order valence-electron chi connectivity index (χ0n) is 15.2. The Morgan fingerprint density at radius 3 is 2.14 bits per heavy atom. The lowest BCUT2D eigenvalue weighted by Gasteiger charge is -2.37. The molecule has 28 heavy (non-hydrogen) atoms. The first-order chi connectivity index (χ1) is 13.1. The van der Waals surface area contributed by atoms with Crippen molar-refractivity contribution < 1.29 is 13.2 Å². The summed E-state index contributed by atoms with van der Waals surface area (Å²) in [6, 6.07) is 4.16. The number of nitrogens with zero attached hydrogens (tertiary/aromatic N) is 6. The van der Waals surface area contributed by atoms with Crippen molar-refractivity contribution in [2.45, 2.75) is 6.18 Å². The van der Waals surface area contributed by atoms with Crippen LogP contribution in [0.5, 0.6) is 0 Å². The van der Waals surface area contributed by atoms with E-state index in [2.05, 4.69) is 4.98 Å². The van der Waals surface area contributed by atoms with Gasteiger partial charge in [-0.15, -0.1) is 0 Å². The van der Waals surface area contributed by atoms with Crippen molar-refractivity contribution in [3.8, 4) is 6.07 Å². The summed E-state index contributed by atoms with van der Waals surface area (Å²) in [6.45, 7) is 1.56. The molecule has 3 heterocycles. The standard InChI is InChI=1S/C17H17F3N6O2/c1-23-14(12(9-21)15(27)24(2)16(23)28)26-7-5-25(6-8-26)13-4-3-11(10-22-13)17(18,19)20/h3-4,10H,5-8H2,1-2H3. The van der Waals surface area contributed by atoms with Crippen molar-refractivity contribution in [1.29, 1.82) is 5.26 Å². The Bertz CT molecular complexity index is 1040. The van der Waals surface area contributed by atoms with E-state index in [9.17, 15) is 28.0 Å². The summed E-state index contributed by atoms with van der Waals surface area (Å²) in [5, 5.41) is 9.37. The zero-order chi connectivity index (χ0) is 20.6. The average molecular weight is 394 g/mol. The van der Waals surface area contributed by atoms with Crippen molar-refractivity contribution in [2.75, 3.05) is 36.0 Å². The van der Waals surface area contributed by atoms with E-state index < -0.39 is 23.0 Å². The van der Waals surface area contributed by atoms with E-state index in [0.717, 1.165) is 16.8 Å². The smallest absolute Gasteiger partial charge is 0.353 e. The predicted molar refractivity (Wildman–Crippen MR) is 95.3 cm³/mol. The molecule has 1 aliphatic heterocycles. The highest BCUT2D eigenvalue weighted by Gasteiger charge is 2.31. The number of hydrogen-bond acceptors (Lipinski definition) is 6. The van der Waals surface area contributed by atoms with Gasteiger partial charge in [-0.25, -0.2) is 9.78 Å². The number of aromatic nitrogens is 3. The van der Waals surface area contributed by atoms with E-state index in [4.69, 9.17) is 0 Å². The number of pyridine rings is 1. The Kier molecular flexibility index (Phi) is 4.89. The minimum absolute atomic E-state index is 0.120. The van der Waals surface area contributed by atoms with Gasteiger partial charge in [0.05, 0.1) is 5.56 Å². The second kappa shape index (κ2) is 7.03. The van der Waals surface area contributed by atoms with Crippen molar-refractivity contribution >= 4 is 11.6 Å². The first-order valence-electron chi connectivity index (χ1n) is 8.38. The molecule has 148 valence electrons. The number of anilines is 2. The molecule has 0 unspecified atom stereocenters. The maximum absolute atomic E-state index is 12.7. The van der Waals surface area contributed by atoms with Crippen LogP contribution in [0.4, 0.5) is 24.8 Å². The highest BCUT2D eigenvalue weighted by atomic mass is 19.4. The molecular formula is C17H17F3N6O2. The summed E-state index contributed by atoms with van der Waals surface area (Å²) in [5.41, 5.74) is -2.13. The van der Waals surface area contributed by atoms with Gasteiger partial charge in [0.1, 0.15) is 17.7 Å². The Balaban J connectivity index is 1.83. The summed E-state index contributed by atoms with van der Waals surface area (Å²) in [4.78, 5) is 31.9. The third kappa shape index (κ3) is 3.33. The summed E-state index contributed by atoms with van der Waals surface area (Å²) >= 11 is 0. The van der Waals surface area contributed by atoms with Crippen LogP contribution in [0.15, 0.2) is 27.9 Å². The Morgan fingerprint density at radius 1 is 1.04 bits per heavy atom. The molecule has 11 heteroatoms. The first-order valence-corrected chi connectivity index (χ1v) is 8.38. The van der Waals surface area contributed by atoms with Crippen molar-refractivity contribution in [3.05, 3.63) is 50.3 Å². The fraction of sp³-hybridized carbons (Fsp3) is 0.412. The molecule has 1 fully saturated rings. The molecule has 0 aromatic carbocycles. The minimum Gasteiger partial charge on any atom is -0.353 e. The van der Waals surface area contributed by atoms with Crippen LogP contribution in [-0.2, 0) is 20.3 Å². The van der Waals surface area contributed by atoms with Crippen LogP contribution < -0.4 is 21.0 Å². The van der Waals surface area contributed by atoms with Gasteiger partial charge in [-0.3, -0.25) is 13.9 Å². The van der Waals surface area contributed by atoms with E-state index >= 15 is 0 Å². The van der Waals surface area contributed by atoms with Gasteiger partial charge in [0.15, 0.2) is 5.56 Å². The molecule has 2 aromatic rings. The van der Waals surface area contributed by atoms with Gasteiger partial charge in [-0.05, 0) is 12.1 Å². The van der Waals surface area contributed by atoms with Gasteiger partial charge in [0, 0.05) is 46.5 Å². The molecule has 2 aromatic heterocycles. The normalized spacial score (nSPS) is 14.9. The molecule has 0 radical (unpaired) electrons. The SMILES string of the molecule is Cn1c(N2CCN(c3ccc(C(F)(F)F)cn3)CC2)c(C#N)c(=O)n(C)c1=O. The summed E-state index contributed by atoms with van der Waals surface area (Å²) < 4.78 is 40.1. The number of nitriles is 1. The van der Waals surface area contributed by atoms with Gasteiger partial charge in [-0.1, -0.05) is 0 Å². The molecule has 0 bridgehead atoms. The second-order valence-corrected chi connectivity index (χ2v) is 6.39. The molecule has 8 nitrogen and oxygen atoms in total. The van der Waals surface area contributed by atoms with Crippen LogP contribution in [0.3, 0.4) is 0 Å². The molecule has 0 aliphatic carbocycles. The van der Waals surface area contributed by atoms with Crippen molar-refractivity contribution in [3.63, 3.8) is 0 Å². The lowest BCUT2D eigenvalue weighted by molar-refractivity contribution is -0.137. The minimum atomic E-state index is -4.44. The second-order valence-electron chi connectivity index (χ2n) is 6.39. The van der Waals surface area contributed by atoms with Gasteiger partial charge in [-0.2, -0.15) is 18.4 Å². The van der Waals surface area contributed by atoms with Gasteiger partial charge in [0.25, 0.3) is 5.56 Å². The van der Waals surface area contributed by atoms with Crippen molar-refractivity contribution in [2.24, 2.45) is 14.1 Å². The summed E-state index contributed by atoms with van der Waals surface area (Å²) in [5.74, 6) is 0.654. The largest absolute Gasteiger partial charge is 0.417 e. The number of halogens is 3. The molecule has 1 aliphatic rings. The van der Waals surface area contributed by atoms with Gasteiger partial charge in [0.2, 0.25) is 0 Å². The number of hydrogen-bond donors (Lipinski definition) is 0. The zero-order valence-corrected chi connectivity index (χ0v) is 15.2. The fourth-order valence-corrected chi connectivity index (χ4v) is 3.19. The lowest BCUT2D eigenvalue weighted by atomic mass is 10.2. The van der Waals surface area contributed by atoms with Gasteiger partial charge < -0.3 is 9.80 Å². The van der Waals surface area contributed by atoms with Crippen LogP contribution in [0.1, 0.15) is 11.1 Å². The average Bonchev–Trinajstić information content (AvgIpc) is 2.68. The molecule has 1 saturated heterocycles. The van der Waals surface area contributed by atoms with E-state index in [-0.39, 0.29) is 11.4 Å². The van der Waals surface area contributed by atoms with Crippen LogP contribution in [0.2, 0.25) is 0 Å². The third-order valence-electron chi connectivity index (χ3n) is 4.72. The molecule has 3 rings (SSSR count). The number of piperazine rings is 1. The van der Waals surface area contributed by atoms with Crippen LogP contribution in [0, 0.1) is 11.3 Å². The first kappa shape index (κ1) is 19.5. The maximum atomic E-state index is 12.7. The topological polar surface area (TPSA) is 87.2 Å². The Labute approximate surface area is 157 Å². The number of alkyl halides is 3. The van der Waals surface area contributed by atoms with E-state index in [1.807, 2.05) is 11.0 Å². The molecule has 0 amide bonds. The molecule has 0 atom stereocenters. The van der Waals surface area contributed by atoms with Crippen molar-refractivity contribution in [1.82, 2.24) is 14.1 Å². The molecule has 0 N–H and O–H groups in total. The highest BCUT2D eigenvalue weighted by Crippen LogP contribution is 2.29. The summed E-state index contributed by atoms with van der Waals surface area (Å²) in [6.07, 6.45) is -3.65. The maximum Gasteiger partial charge on any atom is 0.417 e. The fourth-order valence-electron chi connectivity index (χ4n) is 3.19. The monoisotopic (exact) mass is 394 g/mol. The van der Waals surface area contributed by atoms with Crippen LogP contribution >= 0.6 is 0 Å². The molecular weight excluding hydrogens is 377 g/mol. The Hall–Kier alpha value is -3.29. The van der Waals surface area contributed by atoms with E-state index in [1.54, 1.807) is 4.90 Å². The predicted octanol–water partition coefficient (Wildman–Crippen LogP) is 0.696. The highest BCUT2D eigenvalue weighted by molar-refractivity contribution is 5.55. The Morgan fingerprint density at radius 2 is 1.64 bits per heavy atom. The van der Waals surface area contributed by atoms with Crippen LogP contribution in [0.25, 0.3) is 0 Å². The van der Waals surface area contributed by atoms with E-state index in [0.29, 0.717) is 32.0 Å². The quantitative estimate of drug-likeness (QED) is 0.745. The molecule has 0 saturated carbocycles. The summed E-state index contributed by atoms with van der Waals surface area (Å²) in [7, 11) is 2.80. The molecule has 0 spiro atoms. The number of rotatable bonds is 2. The lowest BCUT2D eigenvalue weighted by Crippen LogP contribution is -2.50.